The second-order valence-corrected chi connectivity index (χ2v) is 36.7. The van der Waals surface area contributed by atoms with Gasteiger partial charge in [0.1, 0.15) is 0 Å². The molecule has 0 aliphatic carbocycles. The van der Waals surface area contributed by atoms with Crippen molar-refractivity contribution in [3.63, 3.8) is 0 Å². The van der Waals surface area contributed by atoms with Crippen LogP contribution < -0.4 is 31.9 Å². The van der Waals surface area contributed by atoms with Crippen LogP contribution in [0.5, 0.6) is 0 Å². The van der Waals surface area contributed by atoms with E-state index in [9.17, 15) is 38.4 Å². The predicted octanol–water partition coefficient (Wildman–Crippen LogP) is 18.0. The maximum absolute atomic E-state index is 14.2. The minimum atomic E-state index is -0.514. The molecule has 6 atom stereocenters. The van der Waals surface area contributed by atoms with Gasteiger partial charge in [-0.15, -0.1) is 0 Å². The van der Waals surface area contributed by atoms with Gasteiger partial charge in [0.2, 0.25) is 35.4 Å². The van der Waals surface area contributed by atoms with Crippen LogP contribution in [0.1, 0.15) is 173 Å². The van der Waals surface area contributed by atoms with E-state index in [4.69, 9.17) is 11.6 Å². The molecular formula is C115H126ClN11O8. The Morgan fingerprint density at radius 2 is 0.652 bits per heavy atom. The number of aryl methyl sites for hydroxylation is 1. The minimum absolute atomic E-state index is 0.00904. The summed E-state index contributed by atoms with van der Waals surface area (Å²) < 4.78 is 0. The molecule has 0 unspecified atom stereocenters. The number of amides is 8. The molecule has 0 aromatic heterocycles. The van der Waals surface area contributed by atoms with Gasteiger partial charge >= 0.3 is 0 Å². The van der Waals surface area contributed by atoms with E-state index in [0.29, 0.717) is 120 Å². The van der Waals surface area contributed by atoms with E-state index in [1.165, 1.54) is 22.8 Å². The first-order valence-corrected chi connectivity index (χ1v) is 48.8. The highest BCUT2D eigenvalue weighted by Crippen LogP contribution is 2.33. The van der Waals surface area contributed by atoms with Crippen LogP contribution in [-0.4, -0.2) is 193 Å². The molecule has 0 radical (unpaired) electrons. The first kappa shape index (κ1) is 96.4. The average Bonchev–Trinajstić information content (AvgIpc) is 1.45. The number of nitrogens with zero attached hydrogens (tertiary/aromatic N) is 5. The summed E-state index contributed by atoms with van der Waals surface area (Å²) in [6.07, 6.45) is 14.9. The van der Waals surface area contributed by atoms with E-state index in [0.717, 1.165) is 127 Å². The number of halogens is 1. The molecule has 0 bridgehead atoms. The summed E-state index contributed by atoms with van der Waals surface area (Å²) in [5.74, 6) is 0.0602. The van der Waals surface area contributed by atoms with Crippen LogP contribution in [-0.2, 0) is 35.2 Å². The number of hydrogen-bond donors (Lipinski definition) is 6. The van der Waals surface area contributed by atoms with Gasteiger partial charge in [-0.25, -0.2) is 0 Å². The lowest BCUT2D eigenvalue weighted by atomic mass is 9.90. The molecule has 19 nitrogen and oxygen atoms in total. The van der Waals surface area contributed by atoms with Crippen LogP contribution in [0, 0.1) is 0 Å². The Hall–Kier alpha value is -13.2. The van der Waals surface area contributed by atoms with E-state index >= 15 is 0 Å². The minimum Gasteiger partial charge on any atom is -0.351 e. The summed E-state index contributed by atoms with van der Waals surface area (Å²) in [4.78, 5) is 118. The normalized spacial score (nSPS) is 18.3. The van der Waals surface area contributed by atoms with Crippen molar-refractivity contribution in [3.8, 4) is 0 Å². The monoisotopic (exact) mass is 1820 g/mol. The molecule has 5 aliphatic heterocycles. The number of hydrogen-bond acceptors (Lipinski definition) is 11. The highest BCUT2D eigenvalue weighted by atomic mass is 35.5. The Labute approximate surface area is 799 Å². The molecule has 12 aromatic rings. The van der Waals surface area contributed by atoms with Gasteiger partial charge in [0.15, 0.2) is 0 Å². The lowest BCUT2D eigenvalue weighted by Crippen LogP contribution is -2.49. The van der Waals surface area contributed by atoms with Gasteiger partial charge in [0.05, 0.1) is 18.1 Å². The van der Waals surface area contributed by atoms with E-state index in [1.807, 2.05) is 225 Å². The van der Waals surface area contributed by atoms with E-state index in [2.05, 4.69) is 141 Å². The van der Waals surface area contributed by atoms with Gasteiger partial charge in [-0.1, -0.05) is 297 Å². The first-order chi connectivity index (χ1) is 66.1. The van der Waals surface area contributed by atoms with Crippen LogP contribution in [0.2, 0.25) is 5.02 Å². The number of nitrogens with one attached hydrogen (secondary N) is 6. The maximum Gasteiger partial charge on any atom is 0.251 e. The zero-order valence-electron chi connectivity index (χ0n) is 77.1. The standard InChI is InChI=1S/C39H44N4O3.C39H39N3O2.C37H43ClN4O3/c44-37(42-23-10-3-11-24-42)21-20-36-39(46)43(28-35(30-13-4-1-5-14-30)31-15-6-2-7-16-31)25-22-34(41-36)27-40-38(45)33-19-18-29-12-8-9-17-32(29)26-33;43-38(34-22-21-30-14-10-11-19-33(30)26-34)40-27-35-24-25-42(39(44)37(41-35)23-20-29-12-4-1-5-13-29)28-36(31-15-6-2-7-16-31)32-17-8-3-9-18-32;38-31-17-14-28(15-18-31)16-20-35(43)39-26-32-22-25-42(27-33(29-10-4-1-5-11-29)30-12-6-2-7-13-30)37(45)34(40-32)19-21-36(44)41-23-8-3-9-24-41/h1-2,4-9,12-19,26,34-36,41H,3,10-11,20-25,27-28H2,(H,40,45);1-19,21-22,26,35-37,41H,20,23-25,27-28H2,(H,40,43);1-2,4-7,10-18,20,32-34,40H,3,8-9,19,21-27H2,(H,39,43)/b;;20-16+/t34-,36-;35-,37-;32-,34-/m000/s1. The van der Waals surface area contributed by atoms with E-state index < -0.39 is 12.1 Å². The van der Waals surface area contributed by atoms with Crippen molar-refractivity contribution in [2.75, 3.05) is 85.1 Å². The third-order valence-electron chi connectivity index (χ3n) is 26.9. The molecule has 17 rings (SSSR count). The Bertz CT molecular complexity index is 5740. The summed E-state index contributed by atoms with van der Waals surface area (Å²) in [5, 5.41) is 24.9. The third kappa shape index (κ3) is 28.0. The molecule has 5 aliphatic rings. The molecule has 12 aromatic carbocycles. The van der Waals surface area contributed by atoms with Crippen LogP contribution in [0.15, 0.2) is 328 Å². The molecule has 6 N–H and O–H groups in total. The fraction of sp³-hybridized carbons (Fsp3) is 0.322. The molecule has 135 heavy (non-hydrogen) atoms. The summed E-state index contributed by atoms with van der Waals surface area (Å²) in [7, 11) is 0. The summed E-state index contributed by atoms with van der Waals surface area (Å²) in [6.45, 7) is 7.85. The third-order valence-corrected chi connectivity index (χ3v) is 27.2. The summed E-state index contributed by atoms with van der Waals surface area (Å²) in [6, 6.07) is 106. The second-order valence-electron chi connectivity index (χ2n) is 36.2. The topological polar surface area (TPSA) is 225 Å². The first-order valence-electron chi connectivity index (χ1n) is 48.4. The Balaban J connectivity index is 0.000000154. The lowest BCUT2D eigenvalue weighted by Gasteiger charge is -2.30. The number of carbonyl (C=O) groups is 8. The zero-order chi connectivity index (χ0) is 93.3. The lowest BCUT2D eigenvalue weighted by molar-refractivity contribution is -0.136. The van der Waals surface area contributed by atoms with Crippen molar-refractivity contribution >= 4 is 86.5 Å². The molecule has 0 saturated carbocycles. The fourth-order valence-corrected chi connectivity index (χ4v) is 19.4. The van der Waals surface area contributed by atoms with Crippen molar-refractivity contribution in [2.45, 2.75) is 150 Å². The van der Waals surface area contributed by atoms with Crippen LogP contribution in [0.25, 0.3) is 27.6 Å². The quantitative estimate of drug-likeness (QED) is 0.0224. The van der Waals surface area contributed by atoms with Crippen LogP contribution in [0.4, 0.5) is 0 Å². The molecule has 20 heteroatoms. The zero-order valence-corrected chi connectivity index (χ0v) is 77.9. The maximum atomic E-state index is 14.2. The van der Waals surface area contributed by atoms with E-state index in [1.54, 1.807) is 18.2 Å². The number of rotatable bonds is 31. The van der Waals surface area contributed by atoms with Crippen molar-refractivity contribution in [2.24, 2.45) is 0 Å². The van der Waals surface area contributed by atoms with Gasteiger partial charge in [0, 0.05) is 156 Å². The molecule has 8 amide bonds. The SMILES string of the molecule is O=C(/C=C/c1ccc(Cl)cc1)NC[C@@H]1CCN(CC(c2ccccc2)c2ccccc2)C(=O)[C@H](CCC(=O)N2CCCCC2)N1.O=C(NC[C@@H]1CCN(CC(c2ccccc2)c2ccccc2)C(=O)[C@H](CCC(=O)N2CCCCC2)N1)c1ccc2ccccc2c1.O=C(NC[C@@H]1CCN(CC(c2ccccc2)c2ccccc2)C(=O)[C@H](CCc2ccccc2)N1)c1ccc2ccccc2c1. The van der Waals surface area contributed by atoms with Gasteiger partial charge in [-0.2, -0.15) is 0 Å². The number of piperidine rings is 2. The van der Waals surface area contributed by atoms with Crippen LogP contribution in [0.3, 0.4) is 0 Å². The fourth-order valence-electron chi connectivity index (χ4n) is 19.3. The van der Waals surface area contributed by atoms with Crippen molar-refractivity contribution in [3.05, 3.63) is 388 Å². The van der Waals surface area contributed by atoms with Crippen LogP contribution >= 0.6 is 11.6 Å². The highest BCUT2D eigenvalue weighted by Gasteiger charge is 2.38. The van der Waals surface area contributed by atoms with Gasteiger partial charge in [0.25, 0.3) is 11.8 Å². The molecular weight excluding hydrogens is 1700 g/mol. The summed E-state index contributed by atoms with van der Waals surface area (Å²) >= 11 is 5.97. The van der Waals surface area contributed by atoms with Crippen molar-refractivity contribution < 1.29 is 38.4 Å². The Morgan fingerprint density at radius 1 is 0.341 bits per heavy atom. The van der Waals surface area contributed by atoms with Gasteiger partial charge in [-0.05, 0) is 192 Å². The van der Waals surface area contributed by atoms with Crippen molar-refractivity contribution in [1.82, 2.24) is 56.4 Å². The Kier molecular flexibility index (Phi) is 35.5. The average molecular weight is 1830 g/mol. The number of fused-ring (bicyclic) bond motifs is 2. The Morgan fingerprint density at radius 3 is 1.00 bits per heavy atom. The predicted molar refractivity (Wildman–Crippen MR) is 540 cm³/mol. The van der Waals surface area contributed by atoms with Crippen molar-refractivity contribution in [1.29, 1.82) is 0 Å². The highest BCUT2D eigenvalue weighted by molar-refractivity contribution is 6.30. The molecule has 696 valence electrons. The number of carbonyl (C=O) groups excluding carboxylic acids is 8. The van der Waals surface area contributed by atoms with Gasteiger partial charge < -0.3 is 56.4 Å². The molecule has 5 saturated heterocycles. The number of benzene rings is 12. The molecule has 0 spiro atoms. The molecule has 5 heterocycles. The molecule has 5 fully saturated rings. The smallest absolute Gasteiger partial charge is 0.251 e. The van der Waals surface area contributed by atoms with Gasteiger partial charge in [-0.3, -0.25) is 38.4 Å². The summed E-state index contributed by atoms with van der Waals surface area (Å²) in [5.41, 5.74) is 10.4. The second kappa shape index (κ2) is 49.7. The number of likely N-dealkylation sites (tertiary alicyclic amines) is 2. The largest absolute Gasteiger partial charge is 0.351 e. The van der Waals surface area contributed by atoms with E-state index in [-0.39, 0.29) is 89.2 Å².